The Kier molecular flexibility index (Phi) is 4.68. The Morgan fingerprint density at radius 2 is 2.36 bits per heavy atom. The van der Waals surface area contributed by atoms with Crippen LogP contribution >= 0.6 is 0 Å². The minimum atomic E-state index is -0.449. The number of carbonyl (C=O) groups excluding carboxylic acids is 1. The average Bonchev–Trinajstić information content (AvgIpc) is 2.64. The minimum Gasteiger partial charge on any atom is -0.544 e. The van der Waals surface area contributed by atoms with Gasteiger partial charge in [-0.2, -0.15) is 0 Å². The van der Waals surface area contributed by atoms with Gasteiger partial charge in [-0.1, -0.05) is 6.92 Å². The molecule has 0 aromatic heterocycles. The molecule has 66 valence electrons. The molecular formula is C7H9AuO3. The van der Waals surface area contributed by atoms with Crippen LogP contribution in [0.3, 0.4) is 0 Å². The summed E-state index contributed by atoms with van der Waals surface area (Å²) in [7, 11) is 0. The van der Waals surface area contributed by atoms with E-state index in [1.54, 1.807) is 0 Å². The minimum absolute atomic E-state index is 0. The number of carbonyl (C=O) groups is 1. The van der Waals surface area contributed by atoms with Crippen molar-refractivity contribution in [2.45, 2.75) is 13.0 Å². The maximum Gasteiger partial charge on any atom is 1.00 e. The van der Waals surface area contributed by atoms with Crippen LogP contribution in [0.15, 0.2) is 5.57 Å². The molecule has 0 bridgehead atoms. The maximum absolute atomic E-state index is 10.6. The molecule has 0 spiro atoms. The summed E-state index contributed by atoms with van der Waals surface area (Å²) in [4.78, 5) is 10.6. The van der Waals surface area contributed by atoms with Crippen LogP contribution in [0.4, 0.5) is 0 Å². The summed E-state index contributed by atoms with van der Waals surface area (Å²) in [6.45, 7) is 7.67. The SMILES string of the molecule is [Au+].[CH-]=C(C)C(=O)OCC1CO1. The first kappa shape index (κ1) is 10.9. The summed E-state index contributed by atoms with van der Waals surface area (Å²) in [5.41, 5.74) is 0.181. The number of hydrogen-bond acceptors (Lipinski definition) is 3. The van der Waals surface area contributed by atoms with Gasteiger partial charge in [-0.05, 0) is 0 Å². The van der Waals surface area contributed by atoms with Crippen molar-refractivity contribution < 1.29 is 36.6 Å². The Morgan fingerprint density at radius 1 is 1.82 bits per heavy atom. The molecule has 1 atom stereocenters. The van der Waals surface area contributed by atoms with Gasteiger partial charge in [0, 0.05) is 0 Å². The largest absolute Gasteiger partial charge is 1.00 e. The van der Waals surface area contributed by atoms with E-state index in [9.17, 15) is 4.79 Å². The summed E-state index contributed by atoms with van der Waals surface area (Å²) in [6, 6.07) is 0. The first-order valence-electron chi connectivity index (χ1n) is 3.08. The van der Waals surface area contributed by atoms with Crippen molar-refractivity contribution in [3.05, 3.63) is 12.2 Å². The van der Waals surface area contributed by atoms with Crippen LogP contribution in [0.1, 0.15) is 6.92 Å². The molecule has 0 aliphatic carbocycles. The molecule has 1 rings (SSSR count). The molecule has 0 aromatic rings. The predicted molar refractivity (Wildman–Crippen MR) is 34.2 cm³/mol. The molecule has 1 aliphatic rings. The second-order valence-corrected chi connectivity index (χ2v) is 2.24. The third-order valence-corrected chi connectivity index (χ3v) is 1.12. The van der Waals surface area contributed by atoms with Crippen molar-refractivity contribution >= 4 is 5.97 Å². The van der Waals surface area contributed by atoms with Crippen molar-refractivity contribution in [2.24, 2.45) is 0 Å². The van der Waals surface area contributed by atoms with E-state index in [1.807, 2.05) is 0 Å². The summed E-state index contributed by atoms with van der Waals surface area (Å²) < 4.78 is 9.51. The molecule has 0 amide bonds. The van der Waals surface area contributed by atoms with Gasteiger partial charge in [0.1, 0.15) is 6.10 Å². The average molecular weight is 338 g/mol. The Balaban J connectivity index is 0.000001000. The molecule has 1 fully saturated rings. The predicted octanol–water partition coefficient (Wildman–Crippen LogP) is 0.305. The monoisotopic (exact) mass is 338 g/mol. The van der Waals surface area contributed by atoms with Crippen LogP contribution in [0, 0.1) is 6.58 Å². The molecule has 1 heterocycles. The van der Waals surface area contributed by atoms with Gasteiger partial charge in [0.25, 0.3) is 0 Å². The standard InChI is InChI=1S/C7H9O3.Au/c1-5(2)7(8)10-4-6-3-9-6;/h1,6H,3-4H2,2H3;/q-1;+1. The van der Waals surface area contributed by atoms with E-state index >= 15 is 0 Å². The smallest absolute Gasteiger partial charge is 0.544 e. The summed E-state index contributed by atoms with van der Waals surface area (Å²) >= 11 is 0. The zero-order valence-corrected chi connectivity index (χ0v) is 8.26. The second kappa shape index (κ2) is 4.72. The zero-order valence-electron chi connectivity index (χ0n) is 6.10. The molecule has 0 N–H and O–H groups in total. The summed E-state index contributed by atoms with van der Waals surface area (Å²) in [6.07, 6.45) is 0.114. The van der Waals surface area contributed by atoms with Crippen molar-refractivity contribution in [1.29, 1.82) is 0 Å². The molecule has 1 unspecified atom stereocenters. The van der Waals surface area contributed by atoms with Gasteiger partial charge in [0.05, 0.1) is 13.2 Å². The third kappa shape index (κ3) is 4.37. The number of hydrogen-bond donors (Lipinski definition) is 0. The van der Waals surface area contributed by atoms with Gasteiger partial charge < -0.3 is 14.3 Å². The van der Waals surface area contributed by atoms with Crippen molar-refractivity contribution in [2.75, 3.05) is 13.2 Å². The summed E-state index contributed by atoms with van der Waals surface area (Å²) in [5.74, 6) is -0.449. The molecule has 3 nitrogen and oxygen atoms in total. The number of epoxide rings is 1. The van der Waals surface area contributed by atoms with Gasteiger partial charge in [-0.25, -0.2) is 0 Å². The van der Waals surface area contributed by atoms with E-state index in [0.29, 0.717) is 13.2 Å². The number of rotatable bonds is 3. The first-order valence-corrected chi connectivity index (χ1v) is 3.08. The Bertz CT molecular complexity index is 163. The van der Waals surface area contributed by atoms with Crippen LogP contribution in [0.5, 0.6) is 0 Å². The molecular weight excluding hydrogens is 329 g/mol. The first-order chi connectivity index (χ1) is 4.70. The maximum atomic E-state index is 10.6. The van der Waals surface area contributed by atoms with E-state index in [2.05, 4.69) is 0 Å². The van der Waals surface area contributed by atoms with Gasteiger partial charge in [-0.3, -0.25) is 6.58 Å². The van der Waals surface area contributed by atoms with E-state index < -0.39 is 5.97 Å². The fourth-order valence-corrected chi connectivity index (χ4v) is 0.447. The Labute approximate surface area is 81.3 Å². The zero-order chi connectivity index (χ0) is 7.56. The van der Waals surface area contributed by atoms with Crippen LogP contribution in [-0.2, 0) is 36.6 Å². The van der Waals surface area contributed by atoms with Gasteiger partial charge in [0.2, 0.25) is 0 Å². The number of ether oxygens (including phenoxy) is 2. The van der Waals surface area contributed by atoms with E-state index in [-0.39, 0.29) is 34.1 Å². The fourth-order valence-electron chi connectivity index (χ4n) is 0.447. The number of esters is 1. The summed E-state index contributed by atoms with van der Waals surface area (Å²) in [5, 5.41) is 0. The Hall–Kier alpha value is -0.0897. The molecule has 1 aliphatic heterocycles. The molecule has 0 aromatic carbocycles. The van der Waals surface area contributed by atoms with Gasteiger partial charge in [-0.15, -0.1) is 5.57 Å². The molecule has 1 saturated heterocycles. The van der Waals surface area contributed by atoms with Crippen LogP contribution < -0.4 is 0 Å². The van der Waals surface area contributed by atoms with Crippen LogP contribution in [0.25, 0.3) is 0 Å². The molecule has 4 heteroatoms. The quantitative estimate of drug-likeness (QED) is 0.244. The fraction of sp³-hybridized carbons (Fsp3) is 0.571. The molecule has 11 heavy (non-hydrogen) atoms. The topological polar surface area (TPSA) is 38.8 Å². The van der Waals surface area contributed by atoms with Crippen molar-refractivity contribution in [3.63, 3.8) is 0 Å². The third-order valence-electron chi connectivity index (χ3n) is 1.12. The van der Waals surface area contributed by atoms with Gasteiger partial charge >= 0.3 is 22.4 Å². The van der Waals surface area contributed by atoms with E-state index in [4.69, 9.17) is 16.1 Å². The molecule has 0 saturated carbocycles. The second-order valence-electron chi connectivity index (χ2n) is 2.24. The molecule has 0 radical (unpaired) electrons. The Morgan fingerprint density at radius 3 is 2.73 bits per heavy atom. The van der Waals surface area contributed by atoms with Crippen LogP contribution in [-0.4, -0.2) is 25.3 Å². The normalized spacial score (nSPS) is 19.9. The van der Waals surface area contributed by atoms with E-state index in [0.717, 1.165) is 0 Å². The van der Waals surface area contributed by atoms with Gasteiger partial charge in [0.15, 0.2) is 5.97 Å². The van der Waals surface area contributed by atoms with Crippen LogP contribution in [0.2, 0.25) is 0 Å². The van der Waals surface area contributed by atoms with Crippen molar-refractivity contribution in [1.82, 2.24) is 0 Å². The van der Waals surface area contributed by atoms with Crippen molar-refractivity contribution in [3.8, 4) is 0 Å². The van der Waals surface area contributed by atoms with E-state index in [1.165, 1.54) is 6.92 Å².